The zero-order valence-corrected chi connectivity index (χ0v) is 7.50. The van der Waals surface area contributed by atoms with Gasteiger partial charge in [0.1, 0.15) is 0 Å². The van der Waals surface area contributed by atoms with Crippen LogP contribution in [0.2, 0.25) is 0 Å². The van der Waals surface area contributed by atoms with Gasteiger partial charge in [0.25, 0.3) is 0 Å². The lowest BCUT2D eigenvalue weighted by atomic mass is 10.2. The molecule has 0 radical (unpaired) electrons. The molecule has 72 valence electrons. The second kappa shape index (κ2) is 3.99. The molecule has 5 heteroatoms. The summed E-state index contributed by atoms with van der Waals surface area (Å²) in [5.74, 6) is 5.04. The molecule has 0 atom stereocenters. The van der Waals surface area contributed by atoms with Gasteiger partial charge in [0, 0.05) is 5.56 Å². The Kier molecular flexibility index (Phi) is 2.53. The van der Waals surface area contributed by atoms with Gasteiger partial charge >= 0.3 is 0 Å². The van der Waals surface area contributed by atoms with Crippen LogP contribution in [0.1, 0.15) is 5.56 Å². The van der Waals surface area contributed by atoms with Gasteiger partial charge in [-0.2, -0.15) is 0 Å². The van der Waals surface area contributed by atoms with Gasteiger partial charge in [0.15, 0.2) is 0 Å². The monoisotopic (exact) mass is 190 g/mol. The highest BCUT2D eigenvalue weighted by Gasteiger charge is 2.03. The summed E-state index contributed by atoms with van der Waals surface area (Å²) in [4.78, 5) is 4.61. The Labute approximate surface area is 81.1 Å². The number of benzene rings is 1. The van der Waals surface area contributed by atoms with E-state index in [0.29, 0.717) is 6.61 Å². The highest BCUT2D eigenvalue weighted by molar-refractivity contribution is 5.39. The molecule has 0 saturated heterocycles. The molecule has 0 aliphatic heterocycles. The van der Waals surface area contributed by atoms with E-state index < -0.39 is 0 Å². The van der Waals surface area contributed by atoms with Crippen molar-refractivity contribution in [3.05, 3.63) is 42.2 Å². The molecule has 0 amide bonds. The average molecular weight is 190 g/mol. The SMILES string of the molecule is NOCc1ccccc1-n1ccnn1. The van der Waals surface area contributed by atoms with Crippen LogP contribution >= 0.6 is 0 Å². The number of hydrogen-bond donors (Lipinski definition) is 1. The number of hydrogen-bond acceptors (Lipinski definition) is 4. The molecule has 0 fully saturated rings. The average Bonchev–Trinajstić information content (AvgIpc) is 2.72. The van der Waals surface area contributed by atoms with Crippen LogP contribution in [-0.2, 0) is 11.4 Å². The minimum atomic E-state index is 0.357. The maximum Gasteiger partial charge on any atom is 0.0950 e. The van der Waals surface area contributed by atoms with E-state index in [0.717, 1.165) is 11.3 Å². The van der Waals surface area contributed by atoms with Crippen molar-refractivity contribution in [3.8, 4) is 5.69 Å². The molecule has 0 bridgehead atoms. The van der Waals surface area contributed by atoms with E-state index in [2.05, 4.69) is 15.1 Å². The summed E-state index contributed by atoms with van der Waals surface area (Å²) in [6.45, 7) is 0.357. The summed E-state index contributed by atoms with van der Waals surface area (Å²) < 4.78 is 1.67. The lowest BCUT2D eigenvalue weighted by Crippen LogP contribution is -2.04. The molecule has 0 aliphatic rings. The maximum absolute atomic E-state index is 5.04. The van der Waals surface area contributed by atoms with Gasteiger partial charge in [-0.1, -0.05) is 23.4 Å². The third kappa shape index (κ3) is 1.63. The van der Waals surface area contributed by atoms with Gasteiger partial charge < -0.3 is 0 Å². The van der Waals surface area contributed by atoms with Crippen molar-refractivity contribution in [3.63, 3.8) is 0 Å². The molecule has 1 heterocycles. The Morgan fingerprint density at radius 3 is 2.93 bits per heavy atom. The van der Waals surface area contributed by atoms with E-state index in [4.69, 9.17) is 5.90 Å². The zero-order valence-electron chi connectivity index (χ0n) is 7.50. The van der Waals surface area contributed by atoms with Crippen molar-refractivity contribution >= 4 is 0 Å². The van der Waals surface area contributed by atoms with Gasteiger partial charge in [0.2, 0.25) is 0 Å². The van der Waals surface area contributed by atoms with Gasteiger partial charge in [-0.25, -0.2) is 10.6 Å². The molecule has 2 aromatic rings. The predicted octanol–water partition coefficient (Wildman–Crippen LogP) is 0.658. The van der Waals surface area contributed by atoms with Gasteiger partial charge in [-0.05, 0) is 6.07 Å². The fourth-order valence-corrected chi connectivity index (χ4v) is 1.28. The van der Waals surface area contributed by atoms with E-state index in [1.807, 2.05) is 24.3 Å². The van der Waals surface area contributed by atoms with E-state index in [1.54, 1.807) is 17.1 Å². The van der Waals surface area contributed by atoms with Crippen LogP contribution < -0.4 is 5.90 Å². The zero-order chi connectivity index (χ0) is 9.80. The van der Waals surface area contributed by atoms with E-state index in [9.17, 15) is 0 Å². The third-order valence-corrected chi connectivity index (χ3v) is 1.90. The van der Waals surface area contributed by atoms with Crippen LogP contribution in [0.3, 0.4) is 0 Å². The maximum atomic E-state index is 5.04. The summed E-state index contributed by atoms with van der Waals surface area (Å²) in [7, 11) is 0. The third-order valence-electron chi connectivity index (χ3n) is 1.90. The van der Waals surface area contributed by atoms with Crippen LogP contribution in [0.15, 0.2) is 36.7 Å². The molecule has 0 unspecified atom stereocenters. The highest BCUT2D eigenvalue weighted by atomic mass is 16.6. The van der Waals surface area contributed by atoms with Crippen molar-refractivity contribution in [2.75, 3.05) is 0 Å². The van der Waals surface area contributed by atoms with E-state index >= 15 is 0 Å². The molecule has 14 heavy (non-hydrogen) atoms. The van der Waals surface area contributed by atoms with Crippen LogP contribution in [0.5, 0.6) is 0 Å². The van der Waals surface area contributed by atoms with Crippen LogP contribution in [-0.4, -0.2) is 15.0 Å². The lowest BCUT2D eigenvalue weighted by molar-refractivity contribution is 0.124. The second-order valence-corrected chi connectivity index (χ2v) is 2.79. The number of nitrogens with zero attached hydrogens (tertiary/aromatic N) is 3. The first kappa shape index (κ1) is 8.86. The molecule has 1 aromatic heterocycles. The molecule has 1 aromatic carbocycles. The Hall–Kier alpha value is -1.72. The number of para-hydroxylation sites is 1. The van der Waals surface area contributed by atoms with Crippen LogP contribution in [0.4, 0.5) is 0 Å². The predicted molar refractivity (Wildman–Crippen MR) is 50.3 cm³/mol. The summed E-state index contributed by atoms with van der Waals surface area (Å²) in [6, 6.07) is 7.72. The van der Waals surface area contributed by atoms with Crippen molar-refractivity contribution in [2.45, 2.75) is 6.61 Å². The number of aromatic nitrogens is 3. The minimum absolute atomic E-state index is 0.357. The van der Waals surface area contributed by atoms with Crippen molar-refractivity contribution in [1.82, 2.24) is 15.0 Å². The quantitative estimate of drug-likeness (QED) is 0.722. The Morgan fingerprint density at radius 1 is 1.36 bits per heavy atom. The molecule has 0 aliphatic carbocycles. The van der Waals surface area contributed by atoms with Gasteiger partial charge in [-0.3, -0.25) is 4.84 Å². The summed E-state index contributed by atoms with van der Waals surface area (Å²) in [5.41, 5.74) is 1.90. The molecule has 2 N–H and O–H groups in total. The molecular formula is C9H10N4O. The Balaban J connectivity index is 2.42. The first-order chi connectivity index (χ1) is 6.92. The van der Waals surface area contributed by atoms with Crippen molar-refractivity contribution in [2.24, 2.45) is 5.90 Å². The van der Waals surface area contributed by atoms with Crippen molar-refractivity contribution in [1.29, 1.82) is 0 Å². The molecule has 0 spiro atoms. The smallest absolute Gasteiger partial charge is 0.0950 e. The summed E-state index contributed by atoms with van der Waals surface area (Å²) in [5, 5.41) is 7.64. The van der Waals surface area contributed by atoms with Crippen molar-refractivity contribution < 1.29 is 4.84 Å². The summed E-state index contributed by atoms with van der Waals surface area (Å²) in [6.07, 6.45) is 3.40. The largest absolute Gasteiger partial charge is 0.300 e. The van der Waals surface area contributed by atoms with Crippen LogP contribution in [0, 0.1) is 0 Å². The van der Waals surface area contributed by atoms with Gasteiger partial charge in [-0.15, -0.1) is 5.10 Å². The Bertz CT molecular complexity index is 399. The number of nitrogens with two attached hydrogens (primary N) is 1. The highest BCUT2D eigenvalue weighted by Crippen LogP contribution is 2.12. The first-order valence-electron chi connectivity index (χ1n) is 4.18. The second-order valence-electron chi connectivity index (χ2n) is 2.79. The summed E-state index contributed by atoms with van der Waals surface area (Å²) >= 11 is 0. The molecular weight excluding hydrogens is 180 g/mol. The fourth-order valence-electron chi connectivity index (χ4n) is 1.28. The van der Waals surface area contributed by atoms with E-state index in [1.165, 1.54) is 0 Å². The normalized spacial score (nSPS) is 10.4. The topological polar surface area (TPSA) is 66.0 Å². The first-order valence-corrected chi connectivity index (χ1v) is 4.18. The number of rotatable bonds is 3. The van der Waals surface area contributed by atoms with Crippen LogP contribution in [0.25, 0.3) is 5.69 Å². The van der Waals surface area contributed by atoms with Gasteiger partial charge in [0.05, 0.1) is 24.7 Å². The molecule has 5 nitrogen and oxygen atoms in total. The molecule has 0 saturated carbocycles. The molecule has 2 rings (SSSR count). The minimum Gasteiger partial charge on any atom is -0.300 e. The standard InChI is InChI=1S/C9H10N4O/c10-14-7-8-3-1-2-4-9(8)13-6-5-11-12-13/h1-6H,7,10H2. The lowest BCUT2D eigenvalue weighted by Gasteiger charge is -2.06. The fraction of sp³-hybridized carbons (Fsp3) is 0.111. The Morgan fingerprint density at radius 2 is 2.21 bits per heavy atom. The van der Waals surface area contributed by atoms with E-state index in [-0.39, 0.29) is 0 Å².